The molecule has 2 N–H and O–H groups in total. The summed E-state index contributed by atoms with van der Waals surface area (Å²) in [6, 6.07) is 2.05. The van der Waals surface area contributed by atoms with E-state index in [0.717, 1.165) is 37.4 Å². The average Bonchev–Trinajstić information content (AvgIpc) is 2.83. The van der Waals surface area contributed by atoms with E-state index in [4.69, 9.17) is 5.73 Å². The molecule has 1 aliphatic rings. The predicted molar refractivity (Wildman–Crippen MR) is 71.6 cm³/mol. The lowest BCUT2D eigenvalue weighted by Gasteiger charge is -2.21. The molecule has 0 amide bonds. The Hall–Kier alpha value is -1.45. The van der Waals surface area contributed by atoms with Gasteiger partial charge in [0, 0.05) is 25.3 Å². The van der Waals surface area contributed by atoms with Crippen LogP contribution in [0.2, 0.25) is 0 Å². The Morgan fingerprint density at radius 3 is 2.59 bits per heavy atom. The first kappa shape index (κ1) is 12.0. The molecule has 0 bridgehead atoms. The standard InChI is InChI=1S/C13H21N3O/c1-3-6-16-10(2)9-11(12(14)13(16)17)15-7-4-5-8-15/h9H,3-8,14H2,1-2H3. The number of nitrogen functional groups attached to an aromatic ring is 1. The third kappa shape index (κ3) is 2.16. The van der Waals surface area contributed by atoms with Crippen LogP contribution in [0, 0.1) is 6.92 Å². The molecule has 4 nitrogen and oxygen atoms in total. The molecule has 0 atom stereocenters. The fourth-order valence-electron chi connectivity index (χ4n) is 2.49. The van der Waals surface area contributed by atoms with Gasteiger partial charge in [-0.05, 0) is 32.3 Å². The maximum Gasteiger partial charge on any atom is 0.276 e. The molecular weight excluding hydrogens is 214 g/mol. The van der Waals surface area contributed by atoms with Gasteiger partial charge in [0.15, 0.2) is 0 Å². The van der Waals surface area contributed by atoms with Crippen LogP contribution < -0.4 is 16.2 Å². The molecule has 2 rings (SSSR count). The summed E-state index contributed by atoms with van der Waals surface area (Å²) in [6.07, 6.45) is 3.33. The first-order chi connectivity index (χ1) is 8.15. The van der Waals surface area contributed by atoms with Crippen molar-refractivity contribution in [1.29, 1.82) is 0 Å². The Morgan fingerprint density at radius 2 is 2.00 bits per heavy atom. The van der Waals surface area contributed by atoms with Gasteiger partial charge in [0.05, 0.1) is 5.69 Å². The summed E-state index contributed by atoms with van der Waals surface area (Å²) in [5, 5.41) is 0. The van der Waals surface area contributed by atoms with Crippen LogP contribution in [0.3, 0.4) is 0 Å². The third-order valence-electron chi connectivity index (χ3n) is 3.42. The van der Waals surface area contributed by atoms with Crippen molar-refractivity contribution in [2.75, 3.05) is 23.7 Å². The van der Waals surface area contributed by atoms with Crippen molar-refractivity contribution >= 4 is 11.4 Å². The number of pyridine rings is 1. The van der Waals surface area contributed by atoms with E-state index in [9.17, 15) is 4.79 Å². The summed E-state index contributed by atoms with van der Waals surface area (Å²) in [6.45, 7) is 6.82. The number of aromatic nitrogens is 1. The van der Waals surface area contributed by atoms with Gasteiger partial charge in [0.2, 0.25) is 0 Å². The van der Waals surface area contributed by atoms with E-state index in [2.05, 4.69) is 17.9 Å². The minimum absolute atomic E-state index is 0.0336. The van der Waals surface area contributed by atoms with Crippen LogP contribution in [0.25, 0.3) is 0 Å². The van der Waals surface area contributed by atoms with E-state index in [1.165, 1.54) is 12.8 Å². The molecular formula is C13H21N3O. The summed E-state index contributed by atoms with van der Waals surface area (Å²) in [4.78, 5) is 14.4. The number of anilines is 2. The normalized spacial score (nSPS) is 15.5. The van der Waals surface area contributed by atoms with E-state index < -0.39 is 0 Å². The highest BCUT2D eigenvalue weighted by Crippen LogP contribution is 2.25. The van der Waals surface area contributed by atoms with Gasteiger partial charge >= 0.3 is 0 Å². The molecule has 0 unspecified atom stereocenters. The Bertz CT molecular complexity index is 458. The minimum atomic E-state index is -0.0336. The van der Waals surface area contributed by atoms with Gasteiger partial charge in [-0.2, -0.15) is 0 Å². The van der Waals surface area contributed by atoms with E-state index >= 15 is 0 Å². The molecule has 0 aromatic carbocycles. The number of hydrogen-bond acceptors (Lipinski definition) is 3. The molecule has 1 aromatic rings. The van der Waals surface area contributed by atoms with Crippen LogP contribution in [0.1, 0.15) is 31.9 Å². The molecule has 4 heteroatoms. The number of hydrogen-bond donors (Lipinski definition) is 1. The Labute approximate surface area is 102 Å². The lowest BCUT2D eigenvalue weighted by Crippen LogP contribution is -2.29. The quantitative estimate of drug-likeness (QED) is 0.868. The smallest absolute Gasteiger partial charge is 0.276 e. The van der Waals surface area contributed by atoms with Gasteiger partial charge in [0.1, 0.15) is 5.69 Å². The van der Waals surface area contributed by atoms with Crippen molar-refractivity contribution in [3.05, 3.63) is 22.1 Å². The van der Waals surface area contributed by atoms with Crippen LogP contribution in [-0.4, -0.2) is 17.7 Å². The van der Waals surface area contributed by atoms with Gasteiger partial charge in [0.25, 0.3) is 5.56 Å². The average molecular weight is 235 g/mol. The summed E-state index contributed by atoms with van der Waals surface area (Å²) < 4.78 is 1.77. The lowest BCUT2D eigenvalue weighted by molar-refractivity contribution is 0.636. The number of nitrogens with zero attached hydrogens (tertiary/aromatic N) is 2. The van der Waals surface area contributed by atoms with Crippen LogP contribution >= 0.6 is 0 Å². The fourth-order valence-corrected chi connectivity index (χ4v) is 2.49. The van der Waals surface area contributed by atoms with Crippen LogP contribution in [0.4, 0.5) is 11.4 Å². The van der Waals surface area contributed by atoms with E-state index in [-0.39, 0.29) is 5.56 Å². The maximum atomic E-state index is 12.2. The second-order valence-corrected chi connectivity index (χ2v) is 4.74. The van der Waals surface area contributed by atoms with E-state index in [1.807, 2.05) is 6.92 Å². The SMILES string of the molecule is CCCn1c(C)cc(N2CCCC2)c(N)c1=O. The number of nitrogens with two attached hydrogens (primary N) is 1. The van der Waals surface area contributed by atoms with Crippen molar-refractivity contribution in [2.45, 2.75) is 39.7 Å². The molecule has 0 radical (unpaired) electrons. The molecule has 94 valence electrons. The van der Waals surface area contributed by atoms with Gasteiger partial charge < -0.3 is 15.2 Å². The van der Waals surface area contributed by atoms with Crippen molar-refractivity contribution in [2.24, 2.45) is 0 Å². The Kier molecular flexibility index (Phi) is 3.41. The first-order valence-corrected chi connectivity index (χ1v) is 6.40. The van der Waals surface area contributed by atoms with Gasteiger partial charge in [-0.25, -0.2) is 0 Å². The van der Waals surface area contributed by atoms with Crippen molar-refractivity contribution in [3.63, 3.8) is 0 Å². The highest BCUT2D eigenvalue weighted by molar-refractivity contribution is 5.67. The minimum Gasteiger partial charge on any atom is -0.393 e. The molecule has 0 saturated carbocycles. The molecule has 0 spiro atoms. The summed E-state index contributed by atoms with van der Waals surface area (Å²) in [5.74, 6) is 0. The van der Waals surface area contributed by atoms with Gasteiger partial charge in [-0.1, -0.05) is 6.92 Å². The molecule has 1 aromatic heterocycles. The zero-order chi connectivity index (χ0) is 12.4. The van der Waals surface area contributed by atoms with E-state index in [1.54, 1.807) is 4.57 Å². The topological polar surface area (TPSA) is 51.3 Å². The van der Waals surface area contributed by atoms with Crippen molar-refractivity contribution in [1.82, 2.24) is 4.57 Å². The monoisotopic (exact) mass is 235 g/mol. The molecule has 2 heterocycles. The second-order valence-electron chi connectivity index (χ2n) is 4.74. The van der Waals surface area contributed by atoms with Crippen LogP contribution in [0.15, 0.2) is 10.9 Å². The maximum absolute atomic E-state index is 12.2. The van der Waals surface area contributed by atoms with Crippen LogP contribution in [0.5, 0.6) is 0 Å². The molecule has 1 fully saturated rings. The largest absolute Gasteiger partial charge is 0.393 e. The highest BCUT2D eigenvalue weighted by atomic mass is 16.1. The Morgan fingerprint density at radius 1 is 1.35 bits per heavy atom. The van der Waals surface area contributed by atoms with Gasteiger partial charge in [-0.15, -0.1) is 0 Å². The second kappa shape index (κ2) is 4.82. The zero-order valence-electron chi connectivity index (χ0n) is 10.7. The Balaban J connectivity index is 2.45. The number of aryl methyl sites for hydroxylation is 1. The summed E-state index contributed by atoms with van der Waals surface area (Å²) >= 11 is 0. The number of rotatable bonds is 3. The third-order valence-corrected chi connectivity index (χ3v) is 3.42. The summed E-state index contributed by atoms with van der Waals surface area (Å²) in [7, 11) is 0. The molecule has 17 heavy (non-hydrogen) atoms. The fraction of sp³-hybridized carbons (Fsp3) is 0.615. The van der Waals surface area contributed by atoms with Crippen molar-refractivity contribution in [3.8, 4) is 0 Å². The summed E-state index contributed by atoms with van der Waals surface area (Å²) in [5.41, 5.74) is 8.30. The van der Waals surface area contributed by atoms with E-state index in [0.29, 0.717) is 5.69 Å². The first-order valence-electron chi connectivity index (χ1n) is 6.40. The zero-order valence-corrected chi connectivity index (χ0v) is 10.7. The predicted octanol–water partition coefficient (Wildman–Crippen LogP) is 1.75. The lowest BCUT2D eigenvalue weighted by atomic mass is 10.2. The molecule has 1 saturated heterocycles. The molecule has 1 aliphatic heterocycles. The molecule has 0 aliphatic carbocycles. The van der Waals surface area contributed by atoms with Gasteiger partial charge in [-0.3, -0.25) is 4.79 Å². The van der Waals surface area contributed by atoms with Crippen molar-refractivity contribution < 1.29 is 0 Å². The van der Waals surface area contributed by atoms with Crippen LogP contribution in [-0.2, 0) is 6.54 Å². The highest BCUT2D eigenvalue weighted by Gasteiger charge is 2.18.